The van der Waals surface area contributed by atoms with Crippen LogP contribution in [-0.2, 0) is 8.85 Å². The summed E-state index contributed by atoms with van der Waals surface area (Å²) in [5.74, 6) is 0. The summed E-state index contributed by atoms with van der Waals surface area (Å²) in [6, 6.07) is 0. The molecule has 5 heteroatoms. The molecular formula is C10H26N2O2Si. The van der Waals surface area contributed by atoms with Crippen LogP contribution in [0.5, 0.6) is 0 Å². The highest BCUT2D eigenvalue weighted by molar-refractivity contribution is 6.67. The minimum atomic E-state index is -2.02. The Morgan fingerprint density at radius 1 is 1.20 bits per heavy atom. The minimum absolute atomic E-state index is 0.472. The lowest BCUT2D eigenvalue weighted by atomic mass is 10.2. The third-order valence-electron chi connectivity index (χ3n) is 2.99. The van der Waals surface area contributed by atoms with Gasteiger partial charge in [0.05, 0.1) is 0 Å². The molecule has 2 N–H and O–H groups in total. The van der Waals surface area contributed by atoms with Gasteiger partial charge < -0.3 is 19.5 Å². The molecule has 0 aromatic heterocycles. The van der Waals surface area contributed by atoms with Gasteiger partial charge in [0.25, 0.3) is 0 Å². The molecule has 15 heavy (non-hydrogen) atoms. The molecule has 0 heterocycles. The van der Waals surface area contributed by atoms with Crippen LogP contribution in [0.2, 0.25) is 12.1 Å². The third kappa shape index (κ3) is 5.08. The van der Waals surface area contributed by atoms with E-state index >= 15 is 0 Å². The first kappa shape index (κ1) is 15.1. The second kappa shape index (κ2) is 7.35. The van der Waals surface area contributed by atoms with Crippen molar-refractivity contribution in [2.24, 2.45) is 5.73 Å². The minimum Gasteiger partial charge on any atom is -0.398 e. The third-order valence-corrected chi connectivity index (χ3v) is 6.67. The fourth-order valence-corrected chi connectivity index (χ4v) is 3.88. The molecule has 0 rings (SSSR count). The van der Waals surface area contributed by atoms with Crippen molar-refractivity contribution in [3.05, 3.63) is 0 Å². The summed E-state index contributed by atoms with van der Waals surface area (Å²) in [4.78, 5) is 2.18. The van der Waals surface area contributed by atoms with E-state index in [1.54, 1.807) is 14.2 Å². The van der Waals surface area contributed by atoms with E-state index in [0.29, 0.717) is 12.1 Å². The van der Waals surface area contributed by atoms with Gasteiger partial charge in [0.2, 0.25) is 0 Å². The fraction of sp³-hybridized carbons (Fsp3) is 1.00. The second-order valence-corrected chi connectivity index (χ2v) is 7.96. The first-order valence-electron chi connectivity index (χ1n) is 5.45. The number of hydrogen-bond donors (Lipinski definition) is 1. The van der Waals surface area contributed by atoms with Gasteiger partial charge in [-0.05, 0) is 46.6 Å². The van der Waals surface area contributed by atoms with Crippen LogP contribution in [0.4, 0.5) is 0 Å². The van der Waals surface area contributed by atoms with Crippen LogP contribution in [0.25, 0.3) is 0 Å². The summed E-state index contributed by atoms with van der Waals surface area (Å²) in [5, 5.41) is 0. The molecule has 0 fully saturated rings. The molecule has 0 spiro atoms. The molecule has 0 aliphatic rings. The topological polar surface area (TPSA) is 47.7 Å². The van der Waals surface area contributed by atoms with Crippen molar-refractivity contribution in [2.45, 2.75) is 24.9 Å². The Kier molecular flexibility index (Phi) is 7.38. The van der Waals surface area contributed by atoms with Crippen LogP contribution in [0, 0.1) is 0 Å². The molecule has 4 nitrogen and oxygen atoms in total. The zero-order chi connectivity index (χ0) is 11.9. The predicted octanol–water partition coefficient (Wildman–Crippen LogP) is 1.02. The molecule has 0 radical (unpaired) electrons. The summed E-state index contributed by atoms with van der Waals surface area (Å²) in [6.07, 6.45) is 2.08. The molecule has 1 unspecified atom stereocenters. The molecule has 0 aromatic carbocycles. The van der Waals surface area contributed by atoms with Crippen LogP contribution in [0.1, 0.15) is 12.8 Å². The maximum absolute atomic E-state index is 5.64. The van der Waals surface area contributed by atoms with Gasteiger partial charge in [-0.2, -0.15) is 0 Å². The van der Waals surface area contributed by atoms with E-state index in [4.69, 9.17) is 14.6 Å². The highest BCUT2D eigenvalue weighted by Crippen LogP contribution is 2.29. The van der Waals surface area contributed by atoms with Gasteiger partial charge in [0.1, 0.15) is 0 Å². The molecule has 92 valence electrons. The Bertz CT molecular complexity index is 164. The van der Waals surface area contributed by atoms with Gasteiger partial charge in [0.15, 0.2) is 0 Å². The summed E-state index contributed by atoms with van der Waals surface area (Å²) in [5.41, 5.74) is 6.11. The lowest BCUT2D eigenvalue weighted by molar-refractivity contribution is 0.227. The van der Waals surface area contributed by atoms with Crippen LogP contribution >= 0.6 is 0 Å². The smallest absolute Gasteiger partial charge is 0.337 e. The quantitative estimate of drug-likeness (QED) is 0.637. The van der Waals surface area contributed by atoms with Crippen molar-refractivity contribution < 1.29 is 8.85 Å². The maximum atomic E-state index is 5.64. The number of hydrogen-bond acceptors (Lipinski definition) is 4. The van der Waals surface area contributed by atoms with Crippen molar-refractivity contribution in [3.63, 3.8) is 0 Å². The molecule has 0 bridgehead atoms. The summed E-state index contributed by atoms with van der Waals surface area (Å²) >= 11 is 0. The zero-order valence-corrected chi connectivity index (χ0v) is 11.7. The maximum Gasteiger partial charge on any atom is 0.337 e. The molecule has 1 atom stereocenters. The average molecular weight is 234 g/mol. The van der Waals surface area contributed by atoms with E-state index in [0.717, 1.165) is 19.4 Å². The van der Waals surface area contributed by atoms with E-state index in [1.165, 1.54) is 0 Å². The van der Waals surface area contributed by atoms with Crippen molar-refractivity contribution in [1.29, 1.82) is 0 Å². The summed E-state index contributed by atoms with van der Waals surface area (Å²) in [7, 11) is 5.63. The Morgan fingerprint density at radius 2 is 1.73 bits per heavy atom. The fourth-order valence-electron chi connectivity index (χ4n) is 1.70. The first-order chi connectivity index (χ1) is 7.00. The lowest BCUT2D eigenvalue weighted by Gasteiger charge is -2.32. The average Bonchev–Trinajstić information content (AvgIpc) is 2.22. The first-order valence-corrected chi connectivity index (χ1v) is 7.84. The normalized spacial score (nSPS) is 14.6. The Hall–Kier alpha value is 0.0569. The van der Waals surface area contributed by atoms with E-state index < -0.39 is 8.56 Å². The molecule has 0 aliphatic heterocycles. The van der Waals surface area contributed by atoms with Crippen molar-refractivity contribution >= 4 is 8.56 Å². The van der Waals surface area contributed by atoms with E-state index in [1.807, 2.05) is 0 Å². The van der Waals surface area contributed by atoms with Gasteiger partial charge >= 0.3 is 8.56 Å². The second-order valence-electron chi connectivity index (χ2n) is 4.29. The Morgan fingerprint density at radius 3 is 2.07 bits per heavy atom. The van der Waals surface area contributed by atoms with Gasteiger partial charge in [-0.15, -0.1) is 0 Å². The predicted molar refractivity (Wildman–Crippen MR) is 66.2 cm³/mol. The van der Waals surface area contributed by atoms with Crippen molar-refractivity contribution in [3.8, 4) is 0 Å². The largest absolute Gasteiger partial charge is 0.398 e. The highest BCUT2D eigenvalue weighted by Gasteiger charge is 2.38. The van der Waals surface area contributed by atoms with Crippen LogP contribution in [0.15, 0.2) is 0 Å². The van der Waals surface area contributed by atoms with Gasteiger partial charge in [0, 0.05) is 19.8 Å². The number of nitrogens with zero attached hydrogens (tertiary/aromatic N) is 1. The van der Waals surface area contributed by atoms with Crippen LogP contribution in [-0.4, -0.2) is 54.9 Å². The zero-order valence-electron chi connectivity index (χ0n) is 10.7. The molecule has 0 aromatic rings. The lowest BCUT2D eigenvalue weighted by Crippen LogP contribution is -2.43. The number of nitrogens with two attached hydrogens (primary N) is 1. The van der Waals surface area contributed by atoms with Crippen LogP contribution < -0.4 is 5.73 Å². The number of rotatable bonds is 8. The Balaban J connectivity index is 4.34. The standard InChI is InChI=1S/C10H26N2O2Si/c1-12(2)9-7-10(6-8-11)15(5,13-3)14-4/h10H,6-9,11H2,1-5H3. The van der Waals surface area contributed by atoms with E-state index in [-0.39, 0.29) is 0 Å². The van der Waals surface area contributed by atoms with Gasteiger partial charge in [-0.1, -0.05) is 0 Å². The molecule has 0 saturated carbocycles. The monoisotopic (exact) mass is 234 g/mol. The Labute approximate surface area is 95.0 Å². The van der Waals surface area contributed by atoms with Crippen LogP contribution in [0.3, 0.4) is 0 Å². The highest BCUT2D eigenvalue weighted by atomic mass is 28.4. The summed E-state index contributed by atoms with van der Waals surface area (Å²) in [6.45, 7) is 3.87. The van der Waals surface area contributed by atoms with E-state index in [9.17, 15) is 0 Å². The molecular weight excluding hydrogens is 208 g/mol. The van der Waals surface area contributed by atoms with Gasteiger partial charge in [-0.25, -0.2) is 0 Å². The van der Waals surface area contributed by atoms with Crippen molar-refractivity contribution in [2.75, 3.05) is 41.4 Å². The van der Waals surface area contributed by atoms with Gasteiger partial charge in [-0.3, -0.25) is 0 Å². The summed E-state index contributed by atoms with van der Waals surface area (Å²) < 4.78 is 11.2. The molecule has 0 aliphatic carbocycles. The molecule has 0 saturated heterocycles. The molecule has 0 amide bonds. The van der Waals surface area contributed by atoms with Crippen molar-refractivity contribution in [1.82, 2.24) is 4.90 Å². The van der Waals surface area contributed by atoms with E-state index in [2.05, 4.69) is 25.5 Å². The SMILES string of the molecule is CO[Si](C)(OC)C(CCN)CCN(C)C.